The number of benzene rings is 1. The lowest BCUT2D eigenvalue weighted by molar-refractivity contribution is -0.170. The van der Waals surface area contributed by atoms with Gasteiger partial charge >= 0.3 is 5.97 Å². The van der Waals surface area contributed by atoms with Crippen LogP contribution >= 0.6 is 39.1 Å². The maximum atomic E-state index is 12.9. The Morgan fingerprint density at radius 1 is 1.15 bits per heavy atom. The van der Waals surface area contributed by atoms with E-state index in [1.54, 1.807) is 18.2 Å². The lowest BCUT2D eigenvalue weighted by Gasteiger charge is -2.58. The summed E-state index contributed by atoms with van der Waals surface area (Å²) in [7, 11) is 0. The standard InChI is InChI=1S/C19H20BrCl2NO3/c20-19-7-11-4-12(8-19)6-18(5-11,10-19)17(25)26-9-15(24)23-16-13(21)2-1-3-14(16)22/h1-3,11-12H,4-10H2,(H,23,24)/t11-,12-,18?,19?/m1/s1. The van der Waals surface area contributed by atoms with E-state index in [1.807, 2.05) is 0 Å². The second kappa shape index (κ2) is 6.68. The minimum absolute atomic E-state index is 0.0729. The molecular formula is C19H20BrCl2NO3. The van der Waals surface area contributed by atoms with E-state index >= 15 is 0 Å². The van der Waals surface area contributed by atoms with Gasteiger partial charge < -0.3 is 10.1 Å². The molecule has 1 amide bonds. The maximum Gasteiger partial charge on any atom is 0.312 e. The van der Waals surface area contributed by atoms with E-state index < -0.39 is 11.3 Å². The molecule has 0 aromatic heterocycles. The Labute approximate surface area is 171 Å². The molecule has 1 aromatic rings. The van der Waals surface area contributed by atoms with Crippen LogP contribution in [0.4, 0.5) is 5.69 Å². The summed E-state index contributed by atoms with van der Waals surface area (Å²) >= 11 is 16.0. The third-order valence-electron chi connectivity index (χ3n) is 5.98. The van der Waals surface area contributed by atoms with Gasteiger partial charge in [-0.15, -0.1) is 0 Å². The topological polar surface area (TPSA) is 55.4 Å². The van der Waals surface area contributed by atoms with E-state index in [0.717, 1.165) is 32.1 Å². The Balaban J connectivity index is 1.39. The second-order valence-corrected chi connectivity index (χ2v) is 10.6. The SMILES string of the molecule is O=C(COC(=O)C12C[C@H]3C[C@@H](CC(Br)(C3)C1)C2)Nc1c(Cl)cccc1Cl. The Kier molecular flexibility index (Phi) is 4.77. The summed E-state index contributed by atoms with van der Waals surface area (Å²) < 4.78 is 5.50. The van der Waals surface area contributed by atoms with Crippen LogP contribution in [-0.2, 0) is 14.3 Å². The summed E-state index contributed by atoms with van der Waals surface area (Å²) in [5.74, 6) is 0.486. The largest absolute Gasteiger partial charge is 0.455 e. The molecule has 140 valence electrons. The predicted molar refractivity (Wildman–Crippen MR) is 105 cm³/mol. The highest BCUT2D eigenvalue weighted by atomic mass is 79.9. The van der Waals surface area contributed by atoms with Crippen LogP contribution in [0, 0.1) is 17.3 Å². The maximum absolute atomic E-state index is 12.9. The van der Waals surface area contributed by atoms with Crippen molar-refractivity contribution in [1.82, 2.24) is 0 Å². The number of alkyl halides is 1. The minimum Gasteiger partial charge on any atom is -0.455 e. The number of ether oxygens (including phenoxy) is 1. The predicted octanol–water partition coefficient (Wildman–Crippen LogP) is 5.21. The number of para-hydroxylation sites is 1. The van der Waals surface area contributed by atoms with E-state index in [0.29, 0.717) is 27.6 Å². The number of amides is 1. The first-order valence-electron chi connectivity index (χ1n) is 8.89. The highest BCUT2D eigenvalue weighted by molar-refractivity contribution is 9.10. The van der Waals surface area contributed by atoms with Gasteiger partial charge in [0.25, 0.3) is 5.91 Å². The van der Waals surface area contributed by atoms with Gasteiger partial charge in [0.05, 0.1) is 21.1 Å². The molecule has 5 rings (SSSR count). The zero-order valence-corrected chi connectivity index (χ0v) is 17.3. The van der Waals surface area contributed by atoms with Crippen LogP contribution in [0.15, 0.2) is 18.2 Å². The fraction of sp³-hybridized carbons (Fsp3) is 0.579. The molecule has 1 aromatic carbocycles. The Morgan fingerprint density at radius 2 is 1.77 bits per heavy atom. The van der Waals surface area contributed by atoms with Gasteiger partial charge in [0.1, 0.15) is 0 Å². The van der Waals surface area contributed by atoms with Crippen LogP contribution in [0.25, 0.3) is 0 Å². The molecule has 4 aliphatic carbocycles. The molecule has 4 nitrogen and oxygen atoms in total. The van der Waals surface area contributed by atoms with Crippen molar-refractivity contribution in [1.29, 1.82) is 0 Å². The highest BCUT2D eigenvalue weighted by Crippen LogP contribution is 2.64. The molecule has 0 spiro atoms. The lowest BCUT2D eigenvalue weighted by Crippen LogP contribution is -2.56. The molecule has 7 heteroatoms. The van der Waals surface area contributed by atoms with Crippen molar-refractivity contribution in [2.75, 3.05) is 11.9 Å². The summed E-state index contributed by atoms with van der Waals surface area (Å²) in [6, 6.07) is 4.98. The summed E-state index contributed by atoms with van der Waals surface area (Å²) in [6.07, 6.45) is 6.08. The quantitative estimate of drug-likeness (QED) is 0.495. The monoisotopic (exact) mass is 459 g/mol. The number of carbonyl (C=O) groups excluding carboxylic acids is 2. The van der Waals surface area contributed by atoms with Crippen molar-refractivity contribution in [3.63, 3.8) is 0 Å². The molecule has 4 saturated carbocycles. The van der Waals surface area contributed by atoms with Gasteiger partial charge in [-0.05, 0) is 62.5 Å². The van der Waals surface area contributed by atoms with Crippen LogP contribution in [-0.4, -0.2) is 22.8 Å². The second-order valence-electron chi connectivity index (χ2n) is 8.11. The molecule has 0 aliphatic heterocycles. The van der Waals surface area contributed by atoms with Crippen molar-refractivity contribution >= 4 is 56.7 Å². The van der Waals surface area contributed by atoms with Gasteiger partial charge in [-0.3, -0.25) is 9.59 Å². The van der Waals surface area contributed by atoms with Crippen LogP contribution in [0.1, 0.15) is 38.5 Å². The zero-order valence-electron chi connectivity index (χ0n) is 14.2. The molecule has 0 saturated heterocycles. The van der Waals surface area contributed by atoms with Crippen molar-refractivity contribution < 1.29 is 14.3 Å². The Morgan fingerprint density at radius 3 is 2.35 bits per heavy atom. The summed E-state index contributed by atoms with van der Waals surface area (Å²) in [5.41, 5.74) is -0.0956. The molecule has 2 atom stereocenters. The van der Waals surface area contributed by atoms with Crippen LogP contribution in [0.2, 0.25) is 10.0 Å². The van der Waals surface area contributed by atoms with E-state index in [9.17, 15) is 9.59 Å². The van der Waals surface area contributed by atoms with Gasteiger partial charge in [0, 0.05) is 4.32 Å². The number of carbonyl (C=O) groups is 2. The van der Waals surface area contributed by atoms with E-state index in [2.05, 4.69) is 21.2 Å². The molecule has 0 unspecified atom stereocenters. The molecular weight excluding hydrogens is 441 g/mol. The van der Waals surface area contributed by atoms with Crippen molar-refractivity contribution in [3.8, 4) is 0 Å². The van der Waals surface area contributed by atoms with Gasteiger partial charge in [-0.2, -0.15) is 0 Å². The number of halogens is 3. The van der Waals surface area contributed by atoms with Gasteiger partial charge in [0.15, 0.2) is 6.61 Å². The molecule has 0 heterocycles. The summed E-state index contributed by atoms with van der Waals surface area (Å²) in [4.78, 5) is 25.1. The third-order valence-corrected chi connectivity index (χ3v) is 7.54. The zero-order chi connectivity index (χ0) is 18.5. The fourth-order valence-electron chi connectivity index (χ4n) is 5.47. The van der Waals surface area contributed by atoms with Gasteiger partial charge in [0.2, 0.25) is 0 Å². The van der Waals surface area contributed by atoms with E-state index in [1.165, 1.54) is 6.42 Å². The smallest absolute Gasteiger partial charge is 0.312 e. The number of nitrogens with one attached hydrogen (secondary N) is 1. The minimum atomic E-state index is -0.438. The highest BCUT2D eigenvalue weighted by Gasteiger charge is 2.60. The first-order valence-corrected chi connectivity index (χ1v) is 10.4. The molecule has 26 heavy (non-hydrogen) atoms. The van der Waals surface area contributed by atoms with E-state index in [-0.39, 0.29) is 16.9 Å². The van der Waals surface area contributed by atoms with Crippen molar-refractivity contribution in [2.45, 2.75) is 42.8 Å². The molecule has 4 bridgehead atoms. The molecule has 0 radical (unpaired) electrons. The molecule has 4 aliphatic rings. The number of hydrogen-bond acceptors (Lipinski definition) is 3. The molecule has 1 N–H and O–H groups in total. The number of rotatable bonds is 4. The Bertz CT molecular complexity index is 735. The van der Waals surface area contributed by atoms with Crippen molar-refractivity contribution in [3.05, 3.63) is 28.2 Å². The van der Waals surface area contributed by atoms with Crippen LogP contribution in [0.5, 0.6) is 0 Å². The first-order chi connectivity index (χ1) is 12.3. The van der Waals surface area contributed by atoms with Crippen molar-refractivity contribution in [2.24, 2.45) is 17.3 Å². The average Bonchev–Trinajstić information content (AvgIpc) is 2.54. The molecule has 4 fully saturated rings. The fourth-order valence-corrected chi connectivity index (χ4v) is 7.41. The average molecular weight is 461 g/mol. The van der Waals surface area contributed by atoms with Crippen LogP contribution < -0.4 is 5.32 Å². The number of anilines is 1. The first kappa shape index (κ1) is 18.6. The lowest BCUT2D eigenvalue weighted by atomic mass is 9.49. The summed E-state index contributed by atoms with van der Waals surface area (Å²) in [6.45, 7) is -0.327. The number of esters is 1. The van der Waals surface area contributed by atoms with Gasteiger partial charge in [-0.1, -0.05) is 45.2 Å². The Hall–Kier alpha value is -0.780. The summed E-state index contributed by atoms with van der Waals surface area (Å²) in [5, 5.41) is 3.32. The van der Waals surface area contributed by atoms with Crippen LogP contribution in [0.3, 0.4) is 0 Å². The third kappa shape index (κ3) is 3.38. The number of hydrogen-bond donors (Lipinski definition) is 1. The van der Waals surface area contributed by atoms with E-state index in [4.69, 9.17) is 27.9 Å². The normalized spacial score (nSPS) is 34.6. The van der Waals surface area contributed by atoms with Gasteiger partial charge in [-0.25, -0.2) is 0 Å².